The maximum absolute atomic E-state index is 14.6. The molecule has 4 heterocycles. The fraction of sp³-hybridized carbons (Fsp3) is 0.423. The van der Waals surface area contributed by atoms with Gasteiger partial charge in [-0.1, -0.05) is 6.07 Å². The molecule has 2 aromatic heterocycles. The number of benzene rings is 1. The summed E-state index contributed by atoms with van der Waals surface area (Å²) in [5.41, 5.74) is -0.975. The van der Waals surface area contributed by atoms with Gasteiger partial charge in [-0.15, -0.1) is 0 Å². The molecule has 2 fully saturated rings. The van der Waals surface area contributed by atoms with E-state index in [-0.39, 0.29) is 41.5 Å². The van der Waals surface area contributed by atoms with Crippen molar-refractivity contribution in [2.75, 3.05) is 11.4 Å². The second-order valence-corrected chi connectivity index (χ2v) is 10.2. The number of pyridine rings is 1. The quantitative estimate of drug-likeness (QED) is 0.491. The van der Waals surface area contributed by atoms with Crippen molar-refractivity contribution in [3.63, 3.8) is 0 Å². The molecule has 0 bridgehead atoms. The van der Waals surface area contributed by atoms with Gasteiger partial charge < -0.3 is 19.5 Å². The Morgan fingerprint density at radius 3 is 2.68 bits per heavy atom. The lowest BCUT2D eigenvalue weighted by Gasteiger charge is -2.52. The summed E-state index contributed by atoms with van der Waals surface area (Å²) >= 11 is 0. The number of fused-ring (bicyclic) bond motifs is 3. The van der Waals surface area contributed by atoms with E-state index in [1.165, 1.54) is 18.2 Å². The molecular formula is C26H24F4N4O4. The summed E-state index contributed by atoms with van der Waals surface area (Å²) < 4.78 is 65.8. The highest BCUT2D eigenvalue weighted by atomic mass is 19.4. The fourth-order valence-electron chi connectivity index (χ4n) is 5.83. The van der Waals surface area contributed by atoms with Crippen LogP contribution in [0.3, 0.4) is 0 Å². The van der Waals surface area contributed by atoms with Gasteiger partial charge in [0.05, 0.1) is 6.10 Å². The molecule has 0 amide bonds. The third-order valence-electron chi connectivity index (χ3n) is 7.62. The van der Waals surface area contributed by atoms with Crippen LogP contribution in [0.2, 0.25) is 0 Å². The molecule has 38 heavy (non-hydrogen) atoms. The summed E-state index contributed by atoms with van der Waals surface area (Å²) in [5, 5.41) is 9.78. The monoisotopic (exact) mass is 532 g/mol. The first-order chi connectivity index (χ1) is 18.1. The molecule has 3 aliphatic rings. The van der Waals surface area contributed by atoms with Crippen molar-refractivity contribution in [2.24, 2.45) is 5.41 Å². The Kier molecular flexibility index (Phi) is 5.82. The van der Waals surface area contributed by atoms with E-state index < -0.39 is 23.4 Å². The topological polar surface area (TPSA) is 89.7 Å². The van der Waals surface area contributed by atoms with Crippen molar-refractivity contribution in [1.82, 2.24) is 14.5 Å². The molecule has 8 nitrogen and oxygen atoms in total. The molecule has 1 aliphatic carbocycles. The van der Waals surface area contributed by atoms with Crippen molar-refractivity contribution >= 4 is 5.82 Å². The normalized spacial score (nSPS) is 24.1. The third kappa shape index (κ3) is 4.57. The largest absolute Gasteiger partial charge is 0.473 e. The van der Waals surface area contributed by atoms with Crippen LogP contribution in [0.1, 0.15) is 36.9 Å². The van der Waals surface area contributed by atoms with Crippen LogP contribution in [0.25, 0.3) is 0 Å². The molecule has 1 N–H and O–H groups in total. The average molecular weight is 532 g/mol. The molecule has 1 unspecified atom stereocenters. The van der Waals surface area contributed by atoms with Crippen LogP contribution in [0.15, 0.2) is 47.4 Å². The maximum Gasteiger partial charge on any atom is 0.433 e. The maximum atomic E-state index is 14.6. The molecule has 1 saturated heterocycles. The standard InChI is InChI=1S/C26H24F4N4O4/c27-19-7-15(1-2-20(19)38-18-3-5-31-21(8-18)26(28,29)30)14-37-22-9-23-33-6-4-25(11-17(35)12-25)10-16(33)13-34(23)24(36)32-22/h1-3,5,7-9,16-17,35H,4,6,10-14H2. The van der Waals surface area contributed by atoms with Crippen LogP contribution in [0, 0.1) is 11.2 Å². The molecule has 2 aliphatic heterocycles. The Bertz CT molecular complexity index is 1440. The highest BCUT2D eigenvalue weighted by Gasteiger charge is 2.50. The second-order valence-electron chi connectivity index (χ2n) is 10.2. The summed E-state index contributed by atoms with van der Waals surface area (Å²) in [6.45, 7) is 1.26. The lowest BCUT2D eigenvalue weighted by molar-refractivity contribution is -0.141. The number of nitrogens with zero attached hydrogens (tertiary/aromatic N) is 4. The van der Waals surface area contributed by atoms with Gasteiger partial charge in [0, 0.05) is 37.5 Å². The Morgan fingerprint density at radius 2 is 1.95 bits per heavy atom. The molecule has 1 atom stereocenters. The molecule has 1 saturated carbocycles. The van der Waals surface area contributed by atoms with Crippen LogP contribution in [-0.2, 0) is 19.3 Å². The minimum Gasteiger partial charge on any atom is -0.473 e. The second kappa shape index (κ2) is 8.97. The van der Waals surface area contributed by atoms with Crippen molar-refractivity contribution in [3.05, 3.63) is 70.2 Å². The van der Waals surface area contributed by atoms with Gasteiger partial charge in [0.25, 0.3) is 0 Å². The Labute approximate surface area is 214 Å². The van der Waals surface area contributed by atoms with Crippen molar-refractivity contribution in [2.45, 2.75) is 57.2 Å². The SMILES string of the molecule is O=c1nc(OCc2ccc(Oc3ccnc(C(F)(F)F)c3)c(F)c2)cc2n1CC1CC3(CCN21)CC(O)C3. The highest BCUT2D eigenvalue weighted by Crippen LogP contribution is 2.52. The highest BCUT2D eigenvalue weighted by molar-refractivity contribution is 5.48. The summed E-state index contributed by atoms with van der Waals surface area (Å²) in [4.78, 5) is 22.2. The van der Waals surface area contributed by atoms with E-state index >= 15 is 0 Å². The number of anilines is 1. The number of piperidine rings is 1. The van der Waals surface area contributed by atoms with E-state index in [2.05, 4.69) is 14.9 Å². The van der Waals surface area contributed by atoms with Crippen LogP contribution in [0.4, 0.5) is 23.4 Å². The molecule has 6 rings (SSSR count). The summed E-state index contributed by atoms with van der Waals surface area (Å²) in [6, 6.07) is 7.73. The molecule has 1 spiro atoms. The van der Waals surface area contributed by atoms with Gasteiger partial charge in [-0.2, -0.15) is 18.2 Å². The van der Waals surface area contributed by atoms with E-state index in [1.54, 1.807) is 10.6 Å². The van der Waals surface area contributed by atoms with Crippen LogP contribution < -0.4 is 20.1 Å². The number of aliphatic hydroxyl groups is 1. The first-order valence-electron chi connectivity index (χ1n) is 12.3. The van der Waals surface area contributed by atoms with Crippen LogP contribution in [-0.4, -0.2) is 38.3 Å². The summed E-state index contributed by atoms with van der Waals surface area (Å²) in [5.74, 6) is -0.378. The minimum absolute atomic E-state index is 0.0784. The van der Waals surface area contributed by atoms with Gasteiger partial charge >= 0.3 is 11.9 Å². The van der Waals surface area contributed by atoms with E-state index in [1.807, 2.05) is 0 Å². The molecule has 12 heteroatoms. The van der Waals surface area contributed by atoms with Crippen molar-refractivity contribution in [1.29, 1.82) is 0 Å². The molecule has 1 aromatic carbocycles. The number of ether oxygens (including phenoxy) is 2. The van der Waals surface area contributed by atoms with E-state index in [9.17, 15) is 27.5 Å². The van der Waals surface area contributed by atoms with Crippen LogP contribution >= 0.6 is 0 Å². The Balaban J connectivity index is 1.12. The zero-order valence-corrected chi connectivity index (χ0v) is 20.1. The van der Waals surface area contributed by atoms with Crippen LogP contribution in [0.5, 0.6) is 17.4 Å². The summed E-state index contributed by atoms with van der Waals surface area (Å²) in [6.07, 6.45) is -0.432. The molecular weight excluding hydrogens is 508 g/mol. The zero-order chi connectivity index (χ0) is 26.7. The number of halogens is 4. The predicted octanol–water partition coefficient (Wildman–Crippen LogP) is 4.29. The Morgan fingerprint density at radius 1 is 1.13 bits per heavy atom. The number of hydrogen-bond donors (Lipinski definition) is 1. The van der Waals surface area contributed by atoms with Gasteiger partial charge in [-0.25, -0.2) is 9.18 Å². The number of hydrogen-bond acceptors (Lipinski definition) is 7. The molecule has 3 aromatic rings. The number of rotatable bonds is 5. The third-order valence-corrected chi connectivity index (χ3v) is 7.62. The predicted molar refractivity (Wildman–Crippen MR) is 127 cm³/mol. The first-order valence-corrected chi connectivity index (χ1v) is 12.3. The fourth-order valence-corrected chi connectivity index (χ4v) is 5.83. The first kappa shape index (κ1) is 24.7. The lowest BCUT2D eigenvalue weighted by atomic mass is 9.60. The summed E-state index contributed by atoms with van der Waals surface area (Å²) in [7, 11) is 0. The Hall–Kier alpha value is -3.67. The van der Waals surface area contributed by atoms with Crippen molar-refractivity contribution in [3.8, 4) is 17.4 Å². The smallest absolute Gasteiger partial charge is 0.433 e. The number of alkyl halides is 3. The molecule has 200 valence electrons. The number of aromatic nitrogens is 3. The van der Waals surface area contributed by atoms with E-state index in [0.29, 0.717) is 18.2 Å². The van der Waals surface area contributed by atoms with Crippen molar-refractivity contribution < 1.29 is 32.1 Å². The van der Waals surface area contributed by atoms with E-state index in [4.69, 9.17) is 9.47 Å². The number of aliphatic hydroxyl groups excluding tert-OH is 1. The average Bonchev–Trinajstić information content (AvgIpc) is 3.21. The zero-order valence-electron chi connectivity index (χ0n) is 20.1. The van der Waals surface area contributed by atoms with Gasteiger partial charge in [-0.3, -0.25) is 9.55 Å². The van der Waals surface area contributed by atoms with Gasteiger partial charge in [0.1, 0.15) is 23.9 Å². The van der Waals surface area contributed by atoms with Gasteiger partial charge in [0.15, 0.2) is 11.6 Å². The van der Waals surface area contributed by atoms with Gasteiger partial charge in [0.2, 0.25) is 5.88 Å². The minimum atomic E-state index is -4.65. The molecule has 0 radical (unpaired) electrons. The lowest BCUT2D eigenvalue weighted by Crippen LogP contribution is -2.52. The van der Waals surface area contributed by atoms with Gasteiger partial charge in [-0.05, 0) is 54.9 Å². The van der Waals surface area contributed by atoms with E-state index in [0.717, 1.165) is 50.3 Å².